The van der Waals surface area contributed by atoms with Crippen molar-refractivity contribution in [1.82, 2.24) is 14.5 Å². The van der Waals surface area contributed by atoms with Crippen LogP contribution in [-0.4, -0.2) is 67.4 Å². The highest BCUT2D eigenvalue weighted by molar-refractivity contribution is 7.89. The van der Waals surface area contributed by atoms with Crippen LogP contribution in [-0.2, 0) is 19.6 Å². The lowest BCUT2D eigenvalue weighted by Crippen LogP contribution is -2.52. The molecule has 1 aliphatic carbocycles. The van der Waals surface area contributed by atoms with Crippen LogP contribution >= 0.6 is 0 Å². The van der Waals surface area contributed by atoms with Gasteiger partial charge in [-0.05, 0) is 64.2 Å². The molecule has 2 aliphatic rings. The number of alkyl carbamates (subject to hydrolysis) is 1. The second-order valence-electron chi connectivity index (χ2n) is 9.70. The van der Waals surface area contributed by atoms with Crippen LogP contribution in [0.2, 0.25) is 0 Å². The molecular weight excluding hydrogens is 442 g/mol. The molecular formula is C24H35N3O5S. The molecule has 2 amide bonds. The van der Waals surface area contributed by atoms with Gasteiger partial charge in [0.2, 0.25) is 15.9 Å². The first-order chi connectivity index (χ1) is 15.5. The third-order valence-corrected chi connectivity index (χ3v) is 8.01. The van der Waals surface area contributed by atoms with Gasteiger partial charge >= 0.3 is 6.09 Å². The maximum atomic E-state index is 13.0. The molecule has 182 valence electrons. The lowest BCUT2D eigenvalue weighted by molar-refractivity contribution is -0.137. The van der Waals surface area contributed by atoms with E-state index < -0.39 is 21.7 Å². The minimum absolute atomic E-state index is 0.0124. The quantitative estimate of drug-likeness (QED) is 0.702. The highest BCUT2D eigenvalue weighted by atomic mass is 32.2. The van der Waals surface area contributed by atoms with Gasteiger partial charge < -0.3 is 15.0 Å². The number of rotatable bonds is 5. The maximum absolute atomic E-state index is 13.0. The first kappa shape index (κ1) is 25.2. The molecule has 3 rings (SSSR count). The summed E-state index contributed by atoms with van der Waals surface area (Å²) in [4.78, 5) is 27.0. The van der Waals surface area contributed by atoms with E-state index in [0.29, 0.717) is 25.9 Å². The monoisotopic (exact) mass is 477 g/mol. The number of hydrogen-bond acceptors (Lipinski definition) is 5. The zero-order valence-electron chi connectivity index (χ0n) is 19.7. The molecule has 1 aromatic rings. The largest absolute Gasteiger partial charge is 0.444 e. The Balaban J connectivity index is 1.47. The van der Waals surface area contributed by atoms with Crippen molar-refractivity contribution in [2.24, 2.45) is 5.92 Å². The van der Waals surface area contributed by atoms with E-state index in [1.165, 1.54) is 4.31 Å². The number of hydrogen-bond donors (Lipinski definition) is 1. The molecule has 1 saturated carbocycles. The Morgan fingerprint density at radius 3 is 2.12 bits per heavy atom. The molecule has 1 heterocycles. The third kappa shape index (κ3) is 6.57. The third-order valence-electron chi connectivity index (χ3n) is 6.10. The molecule has 0 bridgehead atoms. The fourth-order valence-electron chi connectivity index (χ4n) is 4.29. The molecule has 1 aromatic carbocycles. The number of carbonyl (C=O) groups excluding carboxylic acids is 2. The Morgan fingerprint density at radius 2 is 1.61 bits per heavy atom. The minimum atomic E-state index is -3.58. The highest BCUT2D eigenvalue weighted by Crippen LogP contribution is 2.27. The lowest BCUT2D eigenvalue weighted by atomic mass is 9.85. The topological polar surface area (TPSA) is 96.0 Å². The molecule has 1 aliphatic heterocycles. The van der Waals surface area contributed by atoms with Crippen LogP contribution < -0.4 is 5.32 Å². The Kier molecular flexibility index (Phi) is 7.84. The van der Waals surface area contributed by atoms with Gasteiger partial charge in [0, 0.05) is 38.1 Å². The van der Waals surface area contributed by atoms with Crippen molar-refractivity contribution in [3.05, 3.63) is 36.4 Å². The molecule has 0 spiro atoms. The van der Waals surface area contributed by atoms with Crippen molar-refractivity contribution in [2.75, 3.05) is 26.2 Å². The van der Waals surface area contributed by atoms with Gasteiger partial charge in [-0.2, -0.15) is 4.31 Å². The summed E-state index contributed by atoms with van der Waals surface area (Å²) in [6, 6.07) is 6.65. The Labute approximate surface area is 197 Å². The molecule has 1 N–H and O–H groups in total. The number of nitrogens with one attached hydrogen (secondary N) is 1. The van der Waals surface area contributed by atoms with E-state index in [2.05, 4.69) is 11.9 Å². The molecule has 2 fully saturated rings. The van der Waals surface area contributed by atoms with Crippen LogP contribution in [0.25, 0.3) is 6.08 Å². The van der Waals surface area contributed by atoms with Gasteiger partial charge in [0.25, 0.3) is 0 Å². The van der Waals surface area contributed by atoms with Gasteiger partial charge in [-0.1, -0.05) is 24.8 Å². The van der Waals surface area contributed by atoms with Crippen LogP contribution in [0.5, 0.6) is 0 Å². The van der Waals surface area contributed by atoms with Crippen LogP contribution in [0.4, 0.5) is 4.79 Å². The number of ether oxygens (including phenoxy) is 1. The van der Waals surface area contributed by atoms with Gasteiger partial charge in [-0.25, -0.2) is 13.2 Å². The van der Waals surface area contributed by atoms with Gasteiger partial charge in [-0.15, -0.1) is 0 Å². The molecule has 0 unspecified atom stereocenters. The van der Waals surface area contributed by atoms with E-state index in [1.54, 1.807) is 35.2 Å². The van der Waals surface area contributed by atoms with E-state index in [9.17, 15) is 18.0 Å². The van der Waals surface area contributed by atoms with Crippen molar-refractivity contribution >= 4 is 28.1 Å². The fourth-order valence-corrected chi connectivity index (χ4v) is 5.71. The van der Waals surface area contributed by atoms with Gasteiger partial charge in [0.1, 0.15) is 5.60 Å². The van der Waals surface area contributed by atoms with E-state index in [4.69, 9.17) is 4.74 Å². The second kappa shape index (κ2) is 10.3. The van der Waals surface area contributed by atoms with Crippen LogP contribution in [0.3, 0.4) is 0 Å². The maximum Gasteiger partial charge on any atom is 0.407 e. The number of carbonyl (C=O) groups is 2. The lowest BCUT2D eigenvalue weighted by Gasteiger charge is -2.37. The Hall–Kier alpha value is -2.39. The summed E-state index contributed by atoms with van der Waals surface area (Å²) in [5.74, 6) is -0.00519. The van der Waals surface area contributed by atoms with E-state index >= 15 is 0 Å². The molecule has 8 nitrogen and oxygen atoms in total. The summed E-state index contributed by atoms with van der Waals surface area (Å²) in [5, 5.41) is 2.89. The fraction of sp³-hybridized carbons (Fsp3) is 0.583. The van der Waals surface area contributed by atoms with Crippen molar-refractivity contribution in [1.29, 1.82) is 0 Å². The summed E-state index contributed by atoms with van der Waals surface area (Å²) < 4.78 is 32.6. The first-order valence-corrected chi connectivity index (χ1v) is 12.9. The summed E-state index contributed by atoms with van der Waals surface area (Å²) in [7, 11) is -3.58. The Bertz CT molecular complexity index is 953. The van der Waals surface area contributed by atoms with Crippen LogP contribution in [0.15, 0.2) is 35.7 Å². The first-order valence-electron chi connectivity index (χ1n) is 11.5. The average Bonchev–Trinajstić information content (AvgIpc) is 2.78. The SMILES string of the molecule is C=Cc1ccc(S(=O)(=O)N2CCN(C(=O)C3CCC(NC(=O)OC(C)(C)C)CC3)CC2)cc1. The normalized spacial score (nSPS) is 22.5. The summed E-state index contributed by atoms with van der Waals surface area (Å²) in [6.45, 7) is 10.5. The molecule has 0 atom stereocenters. The summed E-state index contributed by atoms with van der Waals surface area (Å²) in [6.07, 6.45) is 4.10. The van der Waals surface area contributed by atoms with E-state index in [1.807, 2.05) is 20.8 Å². The highest BCUT2D eigenvalue weighted by Gasteiger charge is 2.34. The van der Waals surface area contributed by atoms with Crippen molar-refractivity contribution in [3.63, 3.8) is 0 Å². The van der Waals surface area contributed by atoms with Gasteiger partial charge in [-0.3, -0.25) is 4.79 Å². The van der Waals surface area contributed by atoms with E-state index in [-0.39, 0.29) is 35.9 Å². The van der Waals surface area contributed by atoms with Crippen LogP contribution in [0, 0.1) is 5.92 Å². The zero-order valence-corrected chi connectivity index (χ0v) is 20.6. The average molecular weight is 478 g/mol. The number of piperazine rings is 1. The van der Waals surface area contributed by atoms with E-state index in [0.717, 1.165) is 18.4 Å². The van der Waals surface area contributed by atoms with Gasteiger partial charge in [0.05, 0.1) is 4.90 Å². The second-order valence-corrected chi connectivity index (χ2v) is 11.6. The molecule has 0 radical (unpaired) electrons. The van der Waals surface area contributed by atoms with Gasteiger partial charge in [0.15, 0.2) is 0 Å². The van der Waals surface area contributed by atoms with Crippen molar-refractivity contribution in [3.8, 4) is 0 Å². The van der Waals surface area contributed by atoms with Crippen molar-refractivity contribution in [2.45, 2.75) is 63.0 Å². The number of benzene rings is 1. The molecule has 1 saturated heterocycles. The predicted molar refractivity (Wildman–Crippen MR) is 127 cm³/mol. The van der Waals surface area contributed by atoms with Crippen molar-refractivity contribution < 1.29 is 22.7 Å². The smallest absolute Gasteiger partial charge is 0.407 e. The standard InChI is InChI=1S/C24H35N3O5S/c1-5-18-6-12-21(13-7-18)33(30,31)27-16-14-26(15-17-27)22(28)19-8-10-20(11-9-19)25-23(29)32-24(2,3)4/h5-7,12-13,19-20H,1,8-11,14-17H2,2-4H3,(H,25,29). The predicted octanol–water partition coefficient (Wildman–Crippen LogP) is 3.25. The van der Waals surface area contributed by atoms with Crippen LogP contribution in [0.1, 0.15) is 52.0 Å². The molecule has 0 aromatic heterocycles. The Morgan fingerprint density at radius 1 is 1.03 bits per heavy atom. The zero-order chi connectivity index (χ0) is 24.2. The number of sulfonamides is 1. The summed E-state index contributed by atoms with van der Waals surface area (Å²) >= 11 is 0. The number of nitrogens with zero attached hydrogens (tertiary/aromatic N) is 2. The minimum Gasteiger partial charge on any atom is -0.444 e. The molecule has 33 heavy (non-hydrogen) atoms. The molecule has 9 heteroatoms. The number of amides is 2. The summed E-state index contributed by atoms with van der Waals surface area (Å²) in [5.41, 5.74) is 0.322.